The number of allylic oxidation sites excluding steroid dienone is 5. The zero-order chi connectivity index (χ0) is 18.8. The Balaban J connectivity index is 1.63. The maximum absolute atomic E-state index is 4.68. The SMILES string of the molecule is C1=CC2=C(C3=CC(c4ccccc4)=NN=C(c4ccccc4)C3)C=NC2C=C1. The molecule has 3 aliphatic rings. The molecule has 0 aromatic heterocycles. The summed E-state index contributed by atoms with van der Waals surface area (Å²) in [6.07, 6.45) is 13.3. The van der Waals surface area contributed by atoms with Crippen molar-refractivity contribution in [1.29, 1.82) is 0 Å². The number of rotatable bonds is 3. The minimum Gasteiger partial charge on any atom is -0.280 e. The second kappa shape index (κ2) is 7.20. The van der Waals surface area contributed by atoms with Crippen molar-refractivity contribution in [3.63, 3.8) is 0 Å². The lowest BCUT2D eigenvalue weighted by Crippen LogP contribution is -2.07. The van der Waals surface area contributed by atoms with Gasteiger partial charge in [0.2, 0.25) is 0 Å². The summed E-state index contributed by atoms with van der Waals surface area (Å²) in [5, 5.41) is 9.24. The fraction of sp³-hybridized carbons (Fsp3) is 0.0800. The molecular weight excluding hydrogens is 342 g/mol. The molecule has 0 saturated carbocycles. The van der Waals surface area contributed by atoms with Crippen LogP contribution in [0, 0.1) is 0 Å². The molecule has 0 saturated heterocycles. The predicted octanol–water partition coefficient (Wildman–Crippen LogP) is 5.09. The van der Waals surface area contributed by atoms with Crippen LogP contribution in [-0.4, -0.2) is 23.7 Å². The highest BCUT2D eigenvalue weighted by molar-refractivity contribution is 6.14. The van der Waals surface area contributed by atoms with Gasteiger partial charge in [-0.2, -0.15) is 10.2 Å². The van der Waals surface area contributed by atoms with E-state index in [0.717, 1.165) is 29.0 Å². The zero-order valence-corrected chi connectivity index (χ0v) is 15.4. The van der Waals surface area contributed by atoms with Crippen molar-refractivity contribution in [3.8, 4) is 0 Å². The van der Waals surface area contributed by atoms with E-state index < -0.39 is 0 Å². The van der Waals surface area contributed by atoms with E-state index in [1.54, 1.807) is 0 Å². The molecule has 0 spiro atoms. The van der Waals surface area contributed by atoms with Gasteiger partial charge in [0.1, 0.15) is 0 Å². The molecular formula is C25H19N3. The first-order valence-electron chi connectivity index (χ1n) is 9.47. The predicted molar refractivity (Wildman–Crippen MR) is 116 cm³/mol. The first-order valence-corrected chi connectivity index (χ1v) is 9.47. The third kappa shape index (κ3) is 3.12. The molecule has 0 radical (unpaired) electrons. The molecule has 28 heavy (non-hydrogen) atoms. The summed E-state index contributed by atoms with van der Waals surface area (Å²) in [6.45, 7) is 0. The number of aliphatic imine (C=N–C) groups is 1. The standard InChI is InChI=1S/C25H19N3/c1-3-9-18(10-4-1)24-15-20(22-17-26-23-14-8-7-13-21(22)23)16-25(28-27-24)19-11-5-2-6-12-19/h1-15,17,23H,16H2. The van der Waals surface area contributed by atoms with E-state index in [1.807, 2.05) is 42.6 Å². The lowest BCUT2D eigenvalue weighted by atomic mass is 9.90. The largest absolute Gasteiger partial charge is 0.280 e. The van der Waals surface area contributed by atoms with Crippen LogP contribution in [0.3, 0.4) is 0 Å². The molecule has 0 fully saturated rings. The lowest BCUT2D eigenvalue weighted by Gasteiger charge is -2.13. The molecule has 2 aromatic rings. The van der Waals surface area contributed by atoms with E-state index in [0.29, 0.717) is 0 Å². The Morgan fingerprint density at radius 1 is 0.786 bits per heavy atom. The molecule has 1 unspecified atom stereocenters. The number of hydrogen-bond donors (Lipinski definition) is 0. The smallest absolute Gasteiger partial charge is 0.0939 e. The first-order chi connectivity index (χ1) is 13.9. The monoisotopic (exact) mass is 361 g/mol. The third-order valence-electron chi connectivity index (χ3n) is 5.14. The maximum atomic E-state index is 4.68. The quantitative estimate of drug-likeness (QED) is 0.731. The Morgan fingerprint density at radius 3 is 2.32 bits per heavy atom. The van der Waals surface area contributed by atoms with Gasteiger partial charge in [0.05, 0.1) is 17.5 Å². The topological polar surface area (TPSA) is 37.1 Å². The Labute approximate surface area is 164 Å². The minimum atomic E-state index is 0.124. The summed E-state index contributed by atoms with van der Waals surface area (Å²) >= 11 is 0. The van der Waals surface area contributed by atoms with E-state index in [9.17, 15) is 0 Å². The van der Waals surface area contributed by atoms with Gasteiger partial charge in [0, 0.05) is 23.8 Å². The van der Waals surface area contributed by atoms with Crippen LogP contribution in [0.25, 0.3) is 0 Å². The van der Waals surface area contributed by atoms with E-state index in [4.69, 9.17) is 0 Å². The van der Waals surface area contributed by atoms with Crippen molar-refractivity contribution in [1.82, 2.24) is 0 Å². The fourth-order valence-electron chi connectivity index (χ4n) is 3.70. The number of benzene rings is 2. The second-order valence-corrected chi connectivity index (χ2v) is 6.95. The molecule has 1 atom stereocenters. The molecule has 3 heteroatoms. The summed E-state index contributed by atoms with van der Waals surface area (Å²) in [7, 11) is 0. The Hall–Kier alpha value is -3.59. The van der Waals surface area contributed by atoms with Crippen LogP contribution in [0.2, 0.25) is 0 Å². The molecule has 0 N–H and O–H groups in total. The van der Waals surface area contributed by atoms with Gasteiger partial charge in [0.15, 0.2) is 0 Å². The van der Waals surface area contributed by atoms with Gasteiger partial charge < -0.3 is 0 Å². The van der Waals surface area contributed by atoms with Crippen molar-refractivity contribution < 1.29 is 0 Å². The van der Waals surface area contributed by atoms with E-state index >= 15 is 0 Å². The van der Waals surface area contributed by atoms with Crippen LogP contribution in [0.1, 0.15) is 17.5 Å². The van der Waals surface area contributed by atoms with Crippen molar-refractivity contribution >= 4 is 17.6 Å². The van der Waals surface area contributed by atoms with Gasteiger partial charge in [-0.1, -0.05) is 85.0 Å². The van der Waals surface area contributed by atoms with Crippen LogP contribution >= 0.6 is 0 Å². The van der Waals surface area contributed by atoms with Crippen molar-refractivity contribution in [2.45, 2.75) is 12.5 Å². The van der Waals surface area contributed by atoms with Gasteiger partial charge in [-0.25, -0.2) is 0 Å². The molecule has 0 amide bonds. The average Bonchev–Trinajstić information content (AvgIpc) is 3.07. The number of fused-ring (bicyclic) bond motifs is 1. The highest BCUT2D eigenvalue weighted by atomic mass is 15.2. The highest BCUT2D eigenvalue weighted by Gasteiger charge is 2.24. The summed E-state index contributed by atoms with van der Waals surface area (Å²) < 4.78 is 0. The number of hydrogen-bond acceptors (Lipinski definition) is 3. The summed E-state index contributed by atoms with van der Waals surface area (Å²) in [5.41, 5.74) is 7.64. The lowest BCUT2D eigenvalue weighted by molar-refractivity contribution is 0.996. The summed E-state index contributed by atoms with van der Waals surface area (Å²) in [4.78, 5) is 4.68. The van der Waals surface area contributed by atoms with Gasteiger partial charge >= 0.3 is 0 Å². The van der Waals surface area contributed by atoms with Crippen LogP contribution in [0.5, 0.6) is 0 Å². The average molecular weight is 361 g/mol. The zero-order valence-electron chi connectivity index (χ0n) is 15.4. The minimum absolute atomic E-state index is 0.124. The molecule has 5 rings (SSSR count). The van der Waals surface area contributed by atoms with Crippen LogP contribution in [0.4, 0.5) is 0 Å². The van der Waals surface area contributed by atoms with Gasteiger partial charge in [-0.15, -0.1) is 0 Å². The van der Waals surface area contributed by atoms with Gasteiger partial charge in [0.25, 0.3) is 0 Å². The molecule has 1 aliphatic carbocycles. The Bertz CT molecular complexity index is 1110. The van der Waals surface area contributed by atoms with E-state index in [1.165, 1.54) is 16.7 Å². The second-order valence-electron chi connectivity index (χ2n) is 6.95. The van der Waals surface area contributed by atoms with Gasteiger partial charge in [-0.3, -0.25) is 4.99 Å². The summed E-state index contributed by atoms with van der Waals surface area (Å²) in [6, 6.07) is 20.6. The van der Waals surface area contributed by atoms with E-state index in [2.05, 4.69) is 69.8 Å². The maximum Gasteiger partial charge on any atom is 0.0939 e. The van der Waals surface area contributed by atoms with Crippen LogP contribution in [-0.2, 0) is 0 Å². The highest BCUT2D eigenvalue weighted by Crippen LogP contribution is 2.31. The molecule has 0 bridgehead atoms. The van der Waals surface area contributed by atoms with E-state index in [-0.39, 0.29) is 6.04 Å². The summed E-state index contributed by atoms with van der Waals surface area (Å²) in [5.74, 6) is 0. The van der Waals surface area contributed by atoms with Crippen LogP contribution in [0.15, 0.2) is 123 Å². The van der Waals surface area contributed by atoms with Crippen molar-refractivity contribution in [2.75, 3.05) is 0 Å². The van der Waals surface area contributed by atoms with Crippen molar-refractivity contribution in [3.05, 3.63) is 119 Å². The number of nitrogens with zero attached hydrogens (tertiary/aromatic N) is 3. The van der Waals surface area contributed by atoms with Crippen molar-refractivity contribution in [2.24, 2.45) is 15.2 Å². The van der Waals surface area contributed by atoms with Crippen LogP contribution < -0.4 is 0 Å². The fourth-order valence-corrected chi connectivity index (χ4v) is 3.70. The normalized spacial score (nSPS) is 20.4. The molecule has 2 heterocycles. The third-order valence-corrected chi connectivity index (χ3v) is 5.14. The molecule has 3 nitrogen and oxygen atoms in total. The molecule has 2 aromatic carbocycles. The molecule has 134 valence electrons. The Morgan fingerprint density at radius 2 is 1.54 bits per heavy atom. The first kappa shape index (κ1) is 16.6. The molecule has 2 aliphatic heterocycles. The van der Waals surface area contributed by atoms with Gasteiger partial charge in [-0.05, 0) is 22.8 Å². The Kier molecular flexibility index (Phi) is 4.26.